The molecule has 0 saturated carbocycles. The number of rotatable bonds is 5. The van der Waals surface area contributed by atoms with Crippen LogP contribution in [0.1, 0.15) is 24.2 Å². The van der Waals surface area contributed by atoms with Crippen LogP contribution in [0.15, 0.2) is 53.3 Å². The van der Waals surface area contributed by atoms with E-state index in [2.05, 4.69) is 20.2 Å². The van der Waals surface area contributed by atoms with Gasteiger partial charge in [-0.2, -0.15) is 0 Å². The summed E-state index contributed by atoms with van der Waals surface area (Å²) in [5.74, 6) is 0.809. The number of hydrogen-bond acceptors (Lipinski definition) is 5. The summed E-state index contributed by atoms with van der Waals surface area (Å²) in [6.45, 7) is 4.40. The van der Waals surface area contributed by atoms with Crippen molar-refractivity contribution in [3.05, 3.63) is 70.3 Å². The highest BCUT2D eigenvalue weighted by molar-refractivity contribution is 5.95. The quantitative estimate of drug-likeness (QED) is 0.607. The number of nitrogens with one attached hydrogen (secondary N) is 2. The zero-order valence-electron chi connectivity index (χ0n) is 19.0. The molecule has 2 aliphatic rings. The number of fused-ring (bicyclic) bond motifs is 1. The number of piperazine rings is 1. The van der Waals surface area contributed by atoms with Crippen molar-refractivity contribution in [1.29, 1.82) is 0 Å². The molecule has 0 aliphatic carbocycles. The lowest BCUT2D eigenvalue weighted by Gasteiger charge is -2.34. The molecule has 2 fully saturated rings. The fraction of sp³-hybridized carbons (Fsp3) is 0.360. The van der Waals surface area contributed by atoms with E-state index in [1.54, 1.807) is 6.07 Å². The average molecular weight is 461 g/mol. The topological polar surface area (TPSA) is 102 Å². The van der Waals surface area contributed by atoms with E-state index in [0.29, 0.717) is 62.4 Å². The summed E-state index contributed by atoms with van der Waals surface area (Å²) in [5.41, 5.74) is 2.47. The molecule has 3 amide bonds. The maximum absolute atomic E-state index is 12.6. The summed E-state index contributed by atoms with van der Waals surface area (Å²) < 4.78 is 0. The lowest BCUT2D eigenvalue weighted by molar-refractivity contribution is -0.117. The minimum absolute atomic E-state index is 0.0873. The molecule has 9 nitrogen and oxygen atoms in total. The number of hydrogen-bond donors (Lipinski definition) is 2. The zero-order chi connectivity index (χ0) is 23.5. The van der Waals surface area contributed by atoms with Crippen LogP contribution in [0.2, 0.25) is 0 Å². The van der Waals surface area contributed by atoms with Gasteiger partial charge in [-0.3, -0.25) is 14.5 Å². The third-order valence-electron chi connectivity index (χ3n) is 6.46. The number of aromatic nitrogens is 2. The van der Waals surface area contributed by atoms with Crippen molar-refractivity contribution in [3.8, 4) is 0 Å². The molecule has 0 bridgehead atoms. The highest BCUT2D eigenvalue weighted by Gasteiger charge is 2.23. The van der Waals surface area contributed by atoms with Crippen molar-refractivity contribution in [3.63, 3.8) is 0 Å². The highest BCUT2D eigenvalue weighted by Crippen LogP contribution is 2.21. The van der Waals surface area contributed by atoms with Crippen LogP contribution in [0, 0.1) is 0 Å². The van der Waals surface area contributed by atoms with Gasteiger partial charge in [0, 0.05) is 51.4 Å². The number of aromatic amines is 1. The molecular formula is C25H28N6O3. The maximum atomic E-state index is 12.6. The average Bonchev–Trinajstić information content (AvgIpc) is 3.29. The van der Waals surface area contributed by atoms with E-state index >= 15 is 0 Å². The molecule has 5 rings (SSSR count). The minimum atomic E-state index is -0.126. The van der Waals surface area contributed by atoms with Crippen LogP contribution in [-0.2, 0) is 17.9 Å². The van der Waals surface area contributed by atoms with Crippen molar-refractivity contribution < 1.29 is 9.59 Å². The Morgan fingerprint density at radius 3 is 2.47 bits per heavy atom. The van der Waals surface area contributed by atoms with Gasteiger partial charge >= 0.3 is 6.03 Å². The Morgan fingerprint density at radius 1 is 0.971 bits per heavy atom. The number of benzene rings is 2. The molecule has 0 unspecified atom stereocenters. The number of nitrogens with zero attached hydrogens (tertiary/aromatic N) is 4. The van der Waals surface area contributed by atoms with E-state index in [1.807, 2.05) is 52.3 Å². The van der Waals surface area contributed by atoms with Gasteiger partial charge in [-0.1, -0.05) is 24.3 Å². The van der Waals surface area contributed by atoms with Crippen molar-refractivity contribution >= 4 is 28.5 Å². The summed E-state index contributed by atoms with van der Waals surface area (Å²) in [6, 6.07) is 15.0. The van der Waals surface area contributed by atoms with Crippen LogP contribution in [0.3, 0.4) is 0 Å². The number of H-pyrrole nitrogens is 1. The number of carbonyl (C=O) groups is 2. The smallest absolute Gasteiger partial charge is 0.317 e. The van der Waals surface area contributed by atoms with Gasteiger partial charge in [0.05, 0.1) is 17.4 Å². The number of anilines is 1. The van der Waals surface area contributed by atoms with Gasteiger partial charge in [-0.15, -0.1) is 0 Å². The SMILES string of the molecule is O=C(NCc1ccc(N2CCCC2=O)cc1)N1CCN(Cc2nc3ccccc3c(=O)[nH]2)CC1. The summed E-state index contributed by atoms with van der Waals surface area (Å²) in [4.78, 5) is 50.0. The lowest BCUT2D eigenvalue weighted by Crippen LogP contribution is -2.51. The number of amides is 3. The predicted octanol–water partition coefficient (Wildman–Crippen LogP) is 2.08. The first-order valence-electron chi connectivity index (χ1n) is 11.7. The van der Waals surface area contributed by atoms with Gasteiger partial charge in [-0.25, -0.2) is 9.78 Å². The Kier molecular flexibility index (Phi) is 6.27. The molecule has 2 aromatic carbocycles. The van der Waals surface area contributed by atoms with Gasteiger partial charge in [-0.05, 0) is 36.2 Å². The molecular weight excluding hydrogens is 432 g/mol. The van der Waals surface area contributed by atoms with E-state index < -0.39 is 0 Å². The van der Waals surface area contributed by atoms with E-state index in [-0.39, 0.29) is 17.5 Å². The molecule has 0 radical (unpaired) electrons. The van der Waals surface area contributed by atoms with Crippen LogP contribution in [-0.4, -0.2) is 64.4 Å². The predicted molar refractivity (Wildman–Crippen MR) is 129 cm³/mol. The Morgan fingerprint density at radius 2 is 1.74 bits per heavy atom. The first-order chi connectivity index (χ1) is 16.6. The van der Waals surface area contributed by atoms with Crippen molar-refractivity contribution in [2.45, 2.75) is 25.9 Å². The fourth-order valence-electron chi connectivity index (χ4n) is 4.54. The molecule has 3 aromatic rings. The van der Waals surface area contributed by atoms with Crippen molar-refractivity contribution in [2.24, 2.45) is 0 Å². The largest absolute Gasteiger partial charge is 0.334 e. The van der Waals surface area contributed by atoms with Crippen molar-refractivity contribution in [1.82, 2.24) is 25.1 Å². The van der Waals surface area contributed by atoms with Crippen LogP contribution < -0.4 is 15.8 Å². The highest BCUT2D eigenvalue weighted by atomic mass is 16.2. The Bertz CT molecular complexity index is 1250. The van der Waals surface area contributed by atoms with Gasteiger partial charge in [0.15, 0.2) is 0 Å². The number of carbonyl (C=O) groups excluding carboxylic acids is 2. The van der Waals surface area contributed by atoms with Gasteiger partial charge in [0.1, 0.15) is 5.82 Å². The molecule has 3 heterocycles. The summed E-state index contributed by atoms with van der Waals surface area (Å²) in [7, 11) is 0. The van der Waals surface area contributed by atoms with Gasteiger partial charge in [0.2, 0.25) is 5.91 Å². The molecule has 0 spiro atoms. The normalized spacial score (nSPS) is 16.9. The molecule has 2 saturated heterocycles. The third-order valence-corrected chi connectivity index (χ3v) is 6.46. The van der Waals surface area contributed by atoms with E-state index in [1.165, 1.54) is 0 Å². The number of urea groups is 1. The van der Waals surface area contributed by atoms with E-state index in [9.17, 15) is 14.4 Å². The maximum Gasteiger partial charge on any atom is 0.317 e. The minimum Gasteiger partial charge on any atom is -0.334 e. The lowest BCUT2D eigenvalue weighted by atomic mass is 10.2. The molecule has 2 aliphatic heterocycles. The van der Waals surface area contributed by atoms with Gasteiger partial charge < -0.3 is 20.1 Å². The Balaban J connectivity index is 1.10. The second-order valence-electron chi connectivity index (χ2n) is 8.77. The Hall–Kier alpha value is -3.72. The fourth-order valence-corrected chi connectivity index (χ4v) is 4.54. The second-order valence-corrected chi connectivity index (χ2v) is 8.77. The van der Waals surface area contributed by atoms with Crippen LogP contribution in [0.25, 0.3) is 10.9 Å². The van der Waals surface area contributed by atoms with Crippen LogP contribution in [0.5, 0.6) is 0 Å². The third kappa shape index (κ3) is 4.79. The molecule has 0 atom stereocenters. The molecule has 176 valence electrons. The van der Waals surface area contributed by atoms with Crippen LogP contribution in [0.4, 0.5) is 10.5 Å². The molecule has 1 aromatic heterocycles. The Labute approximate surface area is 197 Å². The number of para-hydroxylation sites is 1. The summed E-state index contributed by atoms with van der Waals surface area (Å²) >= 11 is 0. The van der Waals surface area contributed by atoms with E-state index in [0.717, 1.165) is 24.2 Å². The summed E-state index contributed by atoms with van der Waals surface area (Å²) in [6.07, 6.45) is 1.52. The van der Waals surface area contributed by atoms with Crippen LogP contribution >= 0.6 is 0 Å². The van der Waals surface area contributed by atoms with Crippen molar-refractivity contribution in [2.75, 3.05) is 37.6 Å². The summed E-state index contributed by atoms with van der Waals surface area (Å²) in [5, 5.41) is 3.58. The molecule has 9 heteroatoms. The first kappa shape index (κ1) is 22.1. The van der Waals surface area contributed by atoms with E-state index in [4.69, 9.17) is 0 Å². The monoisotopic (exact) mass is 460 g/mol. The standard InChI is InChI=1S/C25H28N6O3/c32-23-6-3-11-31(23)19-9-7-18(8-10-19)16-26-25(34)30-14-12-29(13-15-30)17-22-27-21-5-2-1-4-20(21)24(33)28-22/h1-2,4-5,7-10H,3,6,11-17H2,(H,26,34)(H,27,28,33). The molecule has 2 N–H and O–H groups in total. The zero-order valence-corrected chi connectivity index (χ0v) is 19.0. The first-order valence-corrected chi connectivity index (χ1v) is 11.7. The van der Waals surface area contributed by atoms with Gasteiger partial charge in [0.25, 0.3) is 5.56 Å². The second kappa shape index (κ2) is 9.64. The molecule has 34 heavy (non-hydrogen) atoms.